The van der Waals surface area contributed by atoms with Gasteiger partial charge in [-0.2, -0.15) is 0 Å². The maximum atomic E-state index is 13.1. The van der Waals surface area contributed by atoms with Crippen LogP contribution in [0.2, 0.25) is 0 Å². The number of amides is 2. The molecule has 4 rings (SSSR count). The SMILES string of the molecule is C[C@@H]1CN(C(=O)c2cccc(CN3CCCC3=O)c2)c2ccccc21. The summed E-state index contributed by atoms with van der Waals surface area (Å²) < 4.78 is 0. The van der Waals surface area contributed by atoms with E-state index in [-0.39, 0.29) is 11.8 Å². The molecule has 1 fully saturated rings. The maximum absolute atomic E-state index is 13.1. The van der Waals surface area contributed by atoms with Gasteiger partial charge in [-0.25, -0.2) is 0 Å². The zero-order valence-corrected chi connectivity index (χ0v) is 14.4. The van der Waals surface area contributed by atoms with Crippen LogP contribution in [-0.2, 0) is 11.3 Å². The van der Waals surface area contributed by atoms with Crippen molar-refractivity contribution in [2.45, 2.75) is 32.2 Å². The predicted molar refractivity (Wildman–Crippen MR) is 97.6 cm³/mol. The van der Waals surface area contributed by atoms with Gasteiger partial charge < -0.3 is 9.80 Å². The van der Waals surface area contributed by atoms with E-state index in [1.807, 2.05) is 52.3 Å². The number of fused-ring (bicyclic) bond motifs is 1. The van der Waals surface area contributed by atoms with Gasteiger partial charge in [-0.05, 0) is 35.7 Å². The highest BCUT2D eigenvalue weighted by atomic mass is 16.2. The van der Waals surface area contributed by atoms with Gasteiger partial charge in [0, 0.05) is 43.2 Å². The lowest BCUT2D eigenvalue weighted by molar-refractivity contribution is -0.128. The third-order valence-electron chi connectivity index (χ3n) is 5.18. The van der Waals surface area contributed by atoms with Crippen molar-refractivity contribution in [3.63, 3.8) is 0 Å². The van der Waals surface area contributed by atoms with Gasteiger partial charge in [-0.3, -0.25) is 9.59 Å². The zero-order chi connectivity index (χ0) is 17.4. The van der Waals surface area contributed by atoms with Crippen LogP contribution < -0.4 is 4.90 Å². The normalized spacial score (nSPS) is 19.4. The molecule has 2 aliphatic rings. The molecule has 0 unspecified atom stereocenters. The Hall–Kier alpha value is -2.62. The van der Waals surface area contributed by atoms with Crippen LogP contribution in [0.5, 0.6) is 0 Å². The number of nitrogens with zero attached hydrogens (tertiary/aromatic N) is 2. The summed E-state index contributed by atoms with van der Waals surface area (Å²) in [5.41, 5.74) is 3.95. The minimum atomic E-state index is 0.0337. The molecule has 4 nitrogen and oxygen atoms in total. The number of para-hydroxylation sites is 1. The van der Waals surface area contributed by atoms with Crippen molar-refractivity contribution < 1.29 is 9.59 Å². The topological polar surface area (TPSA) is 40.6 Å². The molecule has 0 N–H and O–H groups in total. The predicted octanol–water partition coefficient (Wildman–Crippen LogP) is 3.57. The van der Waals surface area contributed by atoms with Crippen molar-refractivity contribution >= 4 is 17.5 Å². The van der Waals surface area contributed by atoms with E-state index in [0.29, 0.717) is 31.0 Å². The van der Waals surface area contributed by atoms with Gasteiger partial charge in [0.15, 0.2) is 0 Å². The average Bonchev–Trinajstić information content (AvgIpc) is 3.19. The molecule has 0 aliphatic carbocycles. The molecule has 0 bridgehead atoms. The van der Waals surface area contributed by atoms with E-state index in [1.165, 1.54) is 5.56 Å². The fourth-order valence-corrected chi connectivity index (χ4v) is 3.86. The fraction of sp³-hybridized carbons (Fsp3) is 0.333. The summed E-state index contributed by atoms with van der Waals surface area (Å²) in [5, 5.41) is 0. The fourth-order valence-electron chi connectivity index (χ4n) is 3.86. The summed E-state index contributed by atoms with van der Waals surface area (Å²) in [6.45, 7) is 4.27. The highest BCUT2D eigenvalue weighted by Gasteiger charge is 2.30. The molecule has 2 amide bonds. The summed E-state index contributed by atoms with van der Waals surface area (Å²) in [4.78, 5) is 28.6. The van der Waals surface area contributed by atoms with Crippen molar-refractivity contribution in [1.29, 1.82) is 0 Å². The van der Waals surface area contributed by atoms with Gasteiger partial charge in [0.1, 0.15) is 0 Å². The first-order valence-corrected chi connectivity index (χ1v) is 8.91. The lowest BCUT2D eigenvalue weighted by atomic mass is 10.0. The average molecular weight is 334 g/mol. The van der Waals surface area contributed by atoms with E-state index < -0.39 is 0 Å². The maximum Gasteiger partial charge on any atom is 0.258 e. The van der Waals surface area contributed by atoms with Crippen molar-refractivity contribution in [1.82, 2.24) is 4.90 Å². The highest BCUT2D eigenvalue weighted by Crippen LogP contribution is 2.36. The molecule has 2 aliphatic heterocycles. The molecule has 25 heavy (non-hydrogen) atoms. The van der Waals surface area contributed by atoms with Crippen LogP contribution in [0.1, 0.15) is 47.2 Å². The quantitative estimate of drug-likeness (QED) is 0.861. The zero-order valence-electron chi connectivity index (χ0n) is 14.4. The Kier molecular flexibility index (Phi) is 4.04. The van der Waals surface area contributed by atoms with Crippen LogP contribution in [0.3, 0.4) is 0 Å². The second kappa shape index (κ2) is 6.36. The number of rotatable bonds is 3. The molecule has 1 atom stereocenters. The van der Waals surface area contributed by atoms with Gasteiger partial charge >= 0.3 is 0 Å². The van der Waals surface area contributed by atoms with E-state index in [2.05, 4.69) is 13.0 Å². The molecule has 128 valence electrons. The van der Waals surface area contributed by atoms with Crippen LogP contribution in [0.25, 0.3) is 0 Å². The lowest BCUT2D eigenvalue weighted by Gasteiger charge is -2.19. The Bertz CT molecular complexity index is 830. The first-order valence-electron chi connectivity index (χ1n) is 8.91. The first kappa shape index (κ1) is 15.9. The largest absolute Gasteiger partial charge is 0.338 e. The van der Waals surface area contributed by atoms with Crippen LogP contribution in [-0.4, -0.2) is 29.8 Å². The third-order valence-corrected chi connectivity index (χ3v) is 5.18. The van der Waals surface area contributed by atoms with E-state index in [9.17, 15) is 9.59 Å². The van der Waals surface area contributed by atoms with Crippen molar-refractivity contribution in [3.8, 4) is 0 Å². The molecule has 0 spiro atoms. The molecular weight excluding hydrogens is 312 g/mol. The number of anilines is 1. The number of carbonyl (C=O) groups excluding carboxylic acids is 2. The Balaban J connectivity index is 1.57. The molecule has 0 aromatic heterocycles. The Morgan fingerprint density at radius 2 is 2.00 bits per heavy atom. The van der Waals surface area contributed by atoms with Crippen LogP contribution in [0.15, 0.2) is 48.5 Å². The summed E-state index contributed by atoms with van der Waals surface area (Å²) in [6.07, 6.45) is 1.57. The Morgan fingerprint density at radius 1 is 1.16 bits per heavy atom. The molecule has 2 aromatic carbocycles. The standard InChI is InChI=1S/C21H22N2O2/c1-15-13-23(19-9-3-2-8-18(15)19)21(25)17-7-4-6-16(12-17)14-22-11-5-10-20(22)24/h2-4,6-9,12,15H,5,10-11,13-14H2,1H3/t15-/m1/s1. The first-order chi connectivity index (χ1) is 12.1. The smallest absolute Gasteiger partial charge is 0.258 e. The number of carbonyl (C=O) groups is 2. The van der Waals surface area contributed by atoms with Gasteiger partial charge in [0.2, 0.25) is 5.91 Å². The summed E-state index contributed by atoms with van der Waals surface area (Å²) in [6, 6.07) is 15.8. The van der Waals surface area contributed by atoms with Gasteiger partial charge in [-0.1, -0.05) is 37.3 Å². The molecule has 2 aromatic rings. The molecule has 2 heterocycles. The van der Waals surface area contributed by atoms with Gasteiger partial charge in [0.25, 0.3) is 5.91 Å². The van der Waals surface area contributed by atoms with Gasteiger partial charge in [0.05, 0.1) is 0 Å². The molecule has 1 saturated heterocycles. The monoisotopic (exact) mass is 334 g/mol. The van der Waals surface area contributed by atoms with Crippen molar-refractivity contribution in [2.75, 3.05) is 18.0 Å². The van der Waals surface area contributed by atoms with E-state index in [1.54, 1.807) is 0 Å². The van der Waals surface area contributed by atoms with E-state index >= 15 is 0 Å². The number of likely N-dealkylation sites (tertiary alicyclic amines) is 1. The van der Waals surface area contributed by atoms with Gasteiger partial charge in [-0.15, -0.1) is 0 Å². The second-order valence-electron chi connectivity index (χ2n) is 6.99. The third kappa shape index (κ3) is 2.93. The van der Waals surface area contributed by atoms with Crippen LogP contribution in [0.4, 0.5) is 5.69 Å². The van der Waals surface area contributed by atoms with E-state index in [0.717, 1.165) is 24.2 Å². The molecule has 0 radical (unpaired) electrons. The Morgan fingerprint density at radius 3 is 2.80 bits per heavy atom. The second-order valence-corrected chi connectivity index (χ2v) is 6.99. The molecular formula is C21H22N2O2. The summed E-state index contributed by atoms with van der Waals surface area (Å²) >= 11 is 0. The number of hydrogen-bond donors (Lipinski definition) is 0. The number of hydrogen-bond acceptors (Lipinski definition) is 2. The minimum absolute atomic E-state index is 0.0337. The van der Waals surface area contributed by atoms with Crippen LogP contribution >= 0.6 is 0 Å². The highest BCUT2D eigenvalue weighted by molar-refractivity contribution is 6.07. The van der Waals surface area contributed by atoms with E-state index in [4.69, 9.17) is 0 Å². The minimum Gasteiger partial charge on any atom is -0.338 e. The lowest BCUT2D eigenvalue weighted by Crippen LogP contribution is -2.29. The summed E-state index contributed by atoms with van der Waals surface area (Å²) in [5.74, 6) is 0.593. The van der Waals surface area contributed by atoms with Crippen LogP contribution in [0, 0.1) is 0 Å². The summed E-state index contributed by atoms with van der Waals surface area (Å²) in [7, 11) is 0. The number of benzene rings is 2. The molecule has 4 heteroatoms. The Labute approximate surface area is 148 Å². The molecule has 0 saturated carbocycles. The van der Waals surface area contributed by atoms with Crippen molar-refractivity contribution in [2.24, 2.45) is 0 Å². The van der Waals surface area contributed by atoms with Crippen molar-refractivity contribution in [3.05, 3.63) is 65.2 Å².